The van der Waals surface area contributed by atoms with Crippen LogP contribution in [0.3, 0.4) is 0 Å². The first-order valence-electron chi connectivity index (χ1n) is 7.13. The van der Waals surface area contributed by atoms with E-state index in [1.54, 1.807) is 0 Å². The van der Waals surface area contributed by atoms with Crippen molar-refractivity contribution in [2.75, 3.05) is 20.6 Å². The number of rotatable bonds is 3. The highest BCUT2D eigenvalue weighted by molar-refractivity contribution is 7.80. The average Bonchev–Trinajstić information content (AvgIpc) is 2.33. The molecule has 0 unspecified atom stereocenters. The van der Waals surface area contributed by atoms with Gasteiger partial charge in [0.25, 0.3) is 0 Å². The van der Waals surface area contributed by atoms with Gasteiger partial charge < -0.3 is 21.3 Å². The van der Waals surface area contributed by atoms with Crippen LogP contribution in [-0.2, 0) is 0 Å². The van der Waals surface area contributed by atoms with Gasteiger partial charge in [-0.1, -0.05) is 20.8 Å². The van der Waals surface area contributed by atoms with Crippen molar-refractivity contribution < 1.29 is 0 Å². The summed E-state index contributed by atoms with van der Waals surface area (Å²) in [5.74, 6) is 0. The molecule has 0 bridgehead atoms. The minimum atomic E-state index is 0.212. The molecular weight excluding hydrogens is 288 g/mol. The third kappa shape index (κ3) is 5.40. The van der Waals surface area contributed by atoms with E-state index in [0.29, 0.717) is 16.6 Å². The Morgan fingerprint density at radius 1 is 1.05 bits per heavy atom. The van der Waals surface area contributed by atoms with E-state index in [1.165, 1.54) is 6.42 Å². The lowest BCUT2D eigenvalue weighted by Gasteiger charge is -2.47. The molecule has 1 aliphatic rings. The van der Waals surface area contributed by atoms with Crippen LogP contribution in [0.4, 0.5) is 0 Å². The minimum absolute atomic E-state index is 0.212. The van der Waals surface area contributed by atoms with Gasteiger partial charge in [-0.15, -0.1) is 0 Å². The smallest absolute Gasteiger partial charge is 0.166 e. The van der Waals surface area contributed by atoms with Crippen LogP contribution in [-0.4, -0.2) is 36.9 Å². The van der Waals surface area contributed by atoms with Crippen molar-refractivity contribution in [3.8, 4) is 0 Å². The van der Waals surface area contributed by atoms with Crippen LogP contribution in [0.5, 0.6) is 0 Å². The summed E-state index contributed by atoms with van der Waals surface area (Å²) >= 11 is 10.4. The molecule has 1 rings (SSSR count). The summed E-state index contributed by atoms with van der Waals surface area (Å²) in [5.41, 5.74) is 0.515. The second kappa shape index (κ2) is 6.89. The average molecular weight is 317 g/mol. The Balaban J connectivity index is 2.70. The Bertz CT molecular complexity index is 370. The first kappa shape index (κ1) is 17.4. The maximum Gasteiger partial charge on any atom is 0.166 e. The summed E-state index contributed by atoms with van der Waals surface area (Å²) in [4.78, 5) is 0. The van der Waals surface area contributed by atoms with E-state index in [-0.39, 0.29) is 5.41 Å². The molecule has 2 atom stereocenters. The van der Waals surface area contributed by atoms with Gasteiger partial charge in [-0.25, -0.2) is 0 Å². The highest BCUT2D eigenvalue weighted by Crippen LogP contribution is 2.45. The summed E-state index contributed by atoms with van der Waals surface area (Å²) < 4.78 is 0. The Morgan fingerprint density at radius 3 is 2.20 bits per heavy atom. The molecule has 6 heteroatoms. The highest BCUT2D eigenvalue weighted by atomic mass is 32.1. The molecule has 0 amide bonds. The van der Waals surface area contributed by atoms with Crippen molar-refractivity contribution in [2.24, 2.45) is 10.8 Å². The molecule has 0 radical (unpaired) electrons. The van der Waals surface area contributed by atoms with E-state index in [2.05, 4.69) is 42.0 Å². The monoisotopic (exact) mass is 316 g/mol. The zero-order chi connectivity index (χ0) is 15.4. The third-order valence-electron chi connectivity index (χ3n) is 3.91. The van der Waals surface area contributed by atoms with Gasteiger partial charge in [0.1, 0.15) is 0 Å². The lowest BCUT2D eigenvalue weighted by atomic mass is 9.62. The van der Waals surface area contributed by atoms with Crippen molar-refractivity contribution in [1.29, 1.82) is 0 Å². The molecule has 1 aliphatic carbocycles. The van der Waals surface area contributed by atoms with Gasteiger partial charge in [-0.3, -0.25) is 0 Å². The number of thiocarbonyl (C=S) groups is 2. The largest absolute Gasteiger partial charge is 0.366 e. The van der Waals surface area contributed by atoms with Crippen LogP contribution in [0.2, 0.25) is 0 Å². The molecule has 0 aliphatic heterocycles. The quantitative estimate of drug-likeness (QED) is 0.595. The summed E-state index contributed by atoms with van der Waals surface area (Å²) in [7, 11) is 3.70. The zero-order valence-electron chi connectivity index (χ0n) is 13.2. The van der Waals surface area contributed by atoms with Gasteiger partial charge in [-0.05, 0) is 54.5 Å². The summed E-state index contributed by atoms with van der Waals surface area (Å²) in [6, 6.07) is 0.411. The fourth-order valence-corrected chi connectivity index (χ4v) is 3.75. The van der Waals surface area contributed by atoms with Crippen LogP contribution < -0.4 is 21.3 Å². The predicted molar refractivity (Wildman–Crippen MR) is 94.0 cm³/mol. The van der Waals surface area contributed by atoms with E-state index in [0.717, 1.165) is 24.5 Å². The summed E-state index contributed by atoms with van der Waals surface area (Å²) in [6.45, 7) is 7.88. The number of hydrogen-bond donors (Lipinski definition) is 4. The fourth-order valence-electron chi connectivity index (χ4n) is 3.51. The van der Waals surface area contributed by atoms with Crippen LogP contribution in [0.15, 0.2) is 0 Å². The first-order chi connectivity index (χ1) is 9.19. The van der Waals surface area contributed by atoms with Gasteiger partial charge in [0.15, 0.2) is 10.2 Å². The van der Waals surface area contributed by atoms with Crippen LogP contribution in [0.1, 0.15) is 40.0 Å². The van der Waals surface area contributed by atoms with Gasteiger partial charge in [0.2, 0.25) is 0 Å². The molecule has 116 valence electrons. The third-order valence-corrected chi connectivity index (χ3v) is 4.58. The van der Waals surface area contributed by atoms with Crippen LogP contribution in [0, 0.1) is 10.8 Å². The first-order valence-corrected chi connectivity index (χ1v) is 7.95. The predicted octanol–water partition coefficient (Wildman–Crippen LogP) is 1.76. The van der Waals surface area contributed by atoms with Crippen molar-refractivity contribution in [3.63, 3.8) is 0 Å². The molecule has 0 spiro atoms. The lowest BCUT2D eigenvalue weighted by molar-refractivity contribution is 0.0803. The summed E-state index contributed by atoms with van der Waals surface area (Å²) in [5, 5.41) is 14.1. The molecule has 4 nitrogen and oxygen atoms in total. The Kier molecular flexibility index (Phi) is 6.01. The topological polar surface area (TPSA) is 48.1 Å². The maximum absolute atomic E-state index is 5.24. The highest BCUT2D eigenvalue weighted by Gasteiger charge is 2.41. The van der Waals surface area contributed by atoms with Gasteiger partial charge >= 0.3 is 0 Å². The molecule has 0 aromatic carbocycles. The molecule has 1 fully saturated rings. The van der Waals surface area contributed by atoms with Crippen LogP contribution >= 0.6 is 24.4 Å². The van der Waals surface area contributed by atoms with Crippen molar-refractivity contribution >= 4 is 34.7 Å². The number of hydrogen-bond acceptors (Lipinski definition) is 2. The van der Waals surface area contributed by atoms with Crippen molar-refractivity contribution in [1.82, 2.24) is 21.3 Å². The van der Waals surface area contributed by atoms with Gasteiger partial charge in [-0.2, -0.15) is 0 Å². The molecule has 0 aromatic heterocycles. The van der Waals surface area contributed by atoms with E-state index < -0.39 is 0 Å². The Hall–Kier alpha value is -0.620. The van der Waals surface area contributed by atoms with E-state index in [4.69, 9.17) is 24.4 Å². The Labute approximate surface area is 133 Å². The molecule has 4 N–H and O–H groups in total. The Morgan fingerprint density at radius 2 is 1.65 bits per heavy atom. The van der Waals surface area contributed by atoms with Crippen molar-refractivity contribution in [3.05, 3.63) is 0 Å². The maximum atomic E-state index is 5.24. The molecular formula is C14H28N4S2. The second-order valence-electron chi connectivity index (χ2n) is 6.91. The van der Waals surface area contributed by atoms with Crippen molar-refractivity contribution in [2.45, 2.75) is 46.1 Å². The molecule has 20 heavy (non-hydrogen) atoms. The van der Waals surface area contributed by atoms with E-state index >= 15 is 0 Å². The minimum Gasteiger partial charge on any atom is -0.366 e. The molecule has 0 aromatic rings. The van der Waals surface area contributed by atoms with Gasteiger partial charge in [0.05, 0.1) is 0 Å². The van der Waals surface area contributed by atoms with E-state index in [1.807, 2.05) is 14.1 Å². The van der Waals surface area contributed by atoms with Gasteiger partial charge in [0, 0.05) is 26.7 Å². The standard InChI is InChI=1S/C14H28N4S2/c1-13(2)6-10(18-12(20)16-5)7-14(3,8-13)9-17-11(19)15-4/h10H,6-9H2,1-5H3,(H2,15,17,19)(H2,16,18,20)/t10-,14-/m1/s1. The normalized spacial score (nSPS) is 28.4. The molecule has 0 saturated heterocycles. The number of nitrogens with one attached hydrogen (secondary N) is 4. The van der Waals surface area contributed by atoms with Crippen LogP contribution in [0.25, 0.3) is 0 Å². The summed E-state index contributed by atoms with van der Waals surface area (Å²) in [6.07, 6.45) is 3.42. The molecule has 0 heterocycles. The second-order valence-corrected chi connectivity index (χ2v) is 7.73. The SMILES string of the molecule is CNC(=S)NC[C@]1(C)C[C@H](NC(=S)NC)CC(C)(C)C1. The fraction of sp³-hybridized carbons (Fsp3) is 0.857. The molecule has 1 saturated carbocycles. The zero-order valence-corrected chi connectivity index (χ0v) is 14.9. The lowest BCUT2D eigenvalue weighted by Crippen LogP contribution is -2.52. The van der Waals surface area contributed by atoms with E-state index in [9.17, 15) is 0 Å².